The summed E-state index contributed by atoms with van der Waals surface area (Å²) in [6.45, 7) is 0.980. The third-order valence-corrected chi connectivity index (χ3v) is 4.03. The number of nitrogens with zero attached hydrogens (tertiary/aromatic N) is 2. The highest BCUT2D eigenvalue weighted by molar-refractivity contribution is 5.37. The molecule has 1 fully saturated rings. The average Bonchev–Trinajstić information content (AvgIpc) is 3.14. The molecule has 1 aromatic heterocycles. The van der Waals surface area contributed by atoms with E-state index in [0.29, 0.717) is 31.3 Å². The van der Waals surface area contributed by atoms with Crippen LogP contribution in [0.1, 0.15) is 35.7 Å². The number of hydrogen-bond donors (Lipinski definition) is 1. The molecule has 6 nitrogen and oxygen atoms in total. The molecule has 2 aliphatic heterocycles. The van der Waals surface area contributed by atoms with Crippen LogP contribution in [0.4, 0.5) is 0 Å². The summed E-state index contributed by atoms with van der Waals surface area (Å²) in [5, 5.41) is 14.0. The van der Waals surface area contributed by atoms with E-state index in [1.165, 1.54) is 0 Å². The summed E-state index contributed by atoms with van der Waals surface area (Å²) < 4.78 is 16.5. The zero-order valence-corrected chi connectivity index (χ0v) is 11.4. The van der Waals surface area contributed by atoms with Gasteiger partial charge in [0.15, 0.2) is 6.10 Å². The molecule has 0 saturated carbocycles. The lowest BCUT2D eigenvalue weighted by molar-refractivity contribution is -0.0149. The molecule has 6 heteroatoms. The lowest BCUT2D eigenvalue weighted by Crippen LogP contribution is -2.30. The van der Waals surface area contributed by atoms with Gasteiger partial charge in [-0.25, -0.2) is 0 Å². The molecule has 4 rings (SSSR count). The van der Waals surface area contributed by atoms with Crippen molar-refractivity contribution in [2.75, 3.05) is 13.2 Å². The van der Waals surface area contributed by atoms with Crippen LogP contribution in [0.2, 0.25) is 0 Å². The van der Waals surface area contributed by atoms with E-state index in [4.69, 9.17) is 14.0 Å². The van der Waals surface area contributed by atoms with Crippen molar-refractivity contribution in [3.63, 3.8) is 0 Å². The number of hydrogen-bond acceptors (Lipinski definition) is 6. The maximum Gasteiger partial charge on any atom is 0.234 e. The van der Waals surface area contributed by atoms with Crippen LogP contribution in [0.15, 0.2) is 28.8 Å². The molecule has 1 aromatic carbocycles. The van der Waals surface area contributed by atoms with Gasteiger partial charge in [-0.2, -0.15) is 4.98 Å². The molecule has 0 radical (unpaired) electrons. The second kappa shape index (κ2) is 5.13. The van der Waals surface area contributed by atoms with Crippen LogP contribution in [-0.2, 0) is 11.2 Å². The molecule has 3 unspecified atom stereocenters. The molecular formula is C15H16N2O4. The van der Waals surface area contributed by atoms with Crippen molar-refractivity contribution >= 4 is 0 Å². The van der Waals surface area contributed by atoms with Crippen LogP contribution < -0.4 is 4.74 Å². The lowest BCUT2D eigenvalue weighted by Gasteiger charge is -2.24. The average molecular weight is 288 g/mol. The van der Waals surface area contributed by atoms with Crippen LogP contribution in [0.25, 0.3) is 0 Å². The minimum Gasteiger partial charge on any atom is -0.482 e. The Labute approximate surface area is 121 Å². The molecule has 2 aliphatic rings. The zero-order valence-electron chi connectivity index (χ0n) is 11.4. The van der Waals surface area contributed by atoms with Crippen molar-refractivity contribution in [1.82, 2.24) is 10.1 Å². The Kier molecular flexibility index (Phi) is 3.12. The molecule has 0 aliphatic carbocycles. The Bertz CT molecular complexity index is 617. The maximum atomic E-state index is 10.00. The molecule has 1 N–H and O–H groups in total. The number of fused-ring (bicyclic) bond motifs is 1. The van der Waals surface area contributed by atoms with E-state index in [-0.39, 0.29) is 12.0 Å². The molecule has 110 valence electrons. The van der Waals surface area contributed by atoms with E-state index in [9.17, 15) is 5.11 Å². The molecule has 3 heterocycles. The predicted octanol–water partition coefficient (Wildman–Crippen LogP) is 1.61. The summed E-state index contributed by atoms with van der Waals surface area (Å²) in [5.41, 5.74) is 1.15. The summed E-state index contributed by atoms with van der Waals surface area (Å²) in [7, 11) is 0. The van der Waals surface area contributed by atoms with Crippen molar-refractivity contribution in [1.29, 1.82) is 0 Å². The number of aromatic nitrogens is 2. The molecule has 0 amide bonds. The Morgan fingerprint density at radius 3 is 3.00 bits per heavy atom. The van der Waals surface area contributed by atoms with Gasteiger partial charge in [-0.1, -0.05) is 23.4 Å². The van der Waals surface area contributed by atoms with Gasteiger partial charge in [-0.3, -0.25) is 0 Å². The fourth-order valence-electron chi connectivity index (χ4n) is 2.82. The van der Waals surface area contributed by atoms with Crippen molar-refractivity contribution in [2.24, 2.45) is 0 Å². The minimum absolute atomic E-state index is 0.221. The zero-order chi connectivity index (χ0) is 14.2. The minimum atomic E-state index is -0.492. The molecule has 0 spiro atoms. The number of benzene rings is 1. The summed E-state index contributed by atoms with van der Waals surface area (Å²) in [4.78, 5) is 4.41. The van der Waals surface area contributed by atoms with Crippen LogP contribution in [-0.4, -0.2) is 34.6 Å². The fraction of sp³-hybridized carbons (Fsp3) is 0.467. The van der Waals surface area contributed by atoms with E-state index in [1.54, 1.807) is 0 Å². The fourth-order valence-corrected chi connectivity index (χ4v) is 2.82. The maximum absolute atomic E-state index is 10.00. The highest BCUT2D eigenvalue weighted by Gasteiger charge is 2.33. The van der Waals surface area contributed by atoms with Gasteiger partial charge in [0.05, 0.1) is 18.6 Å². The normalized spacial score (nSPS) is 28.1. The van der Waals surface area contributed by atoms with Crippen LogP contribution in [0, 0.1) is 0 Å². The third kappa shape index (κ3) is 2.30. The van der Waals surface area contributed by atoms with E-state index >= 15 is 0 Å². The van der Waals surface area contributed by atoms with Gasteiger partial charge >= 0.3 is 0 Å². The molecule has 1 saturated heterocycles. The summed E-state index contributed by atoms with van der Waals surface area (Å²) in [5.74, 6) is 1.58. The van der Waals surface area contributed by atoms with Crippen LogP contribution in [0.5, 0.6) is 5.75 Å². The third-order valence-electron chi connectivity index (χ3n) is 4.03. The smallest absolute Gasteiger partial charge is 0.234 e. The predicted molar refractivity (Wildman–Crippen MR) is 72.0 cm³/mol. The standard InChI is InChI=1S/C15H16N2O4/c18-11-5-6-19-8-10(11)15-16-14(17-21-15)13-7-9-3-1-2-4-12(9)20-13/h1-4,10-11,13,18H,5-8H2. The van der Waals surface area contributed by atoms with Crippen molar-refractivity contribution < 1.29 is 19.1 Å². The van der Waals surface area contributed by atoms with E-state index in [0.717, 1.165) is 17.7 Å². The second-order valence-corrected chi connectivity index (χ2v) is 5.45. The van der Waals surface area contributed by atoms with Crippen LogP contribution >= 0.6 is 0 Å². The molecule has 2 aromatic rings. The van der Waals surface area contributed by atoms with Crippen molar-refractivity contribution in [3.8, 4) is 5.75 Å². The first kappa shape index (κ1) is 12.8. The van der Waals surface area contributed by atoms with Gasteiger partial charge < -0.3 is 19.1 Å². The number of para-hydroxylation sites is 1. The second-order valence-electron chi connectivity index (χ2n) is 5.45. The Morgan fingerprint density at radius 2 is 2.14 bits per heavy atom. The SMILES string of the molecule is OC1CCOCC1c1nc(C2Cc3ccccc3O2)no1. The number of aliphatic hydroxyl groups excluding tert-OH is 1. The van der Waals surface area contributed by atoms with Crippen molar-refractivity contribution in [3.05, 3.63) is 41.5 Å². The van der Waals surface area contributed by atoms with Crippen LogP contribution in [0.3, 0.4) is 0 Å². The first-order valence-corrected chi connectivity index (χ1v) is 7.15. The Balaban J connectivity index is 1.53. The van der Waals surface area contributed by atoms with Gasteiger partial charge in [-0.05, 0) is 18.1 Å². The highest BCUT2D eigenvalue weighted by atomic mass is 16.5. The first-order chi connectivity index (χ1) is 10.3. The van der Waals surface area contributed by atoms with Crippen molar-refractivity contribution in [2.45, 2.75) is 31.0 Å². The lowest BCUT2D eigenvalue weighted by atomic mass is 9.99. The molecule has 21 heavy (non-hydrogen) atoms. The quantitative estimate of drug-likeness (QED) is 0.904. The highest BCUT2D eigenvalue weighted by Crippen LogP contribution is 2.36. The molecule has 3 atom stereocenters. The Morgan fingerprint density at radius 1 is 1.24 bits per heavy atom. The van der Waals surface area contributed by atoms with Gasteiger partial charge in [0.1, 0.15) is 5.75 Å². The first-order valence-electron chi connectivity index (χ1n) is 7.15. The largest absolute Gasteiger partial charge is 0.482 e. The summed E-state index contributed by atoms with van der Waals surface area (Å²) >= 11 is 0. The molecular weight excluding hydrogens is 272 g/mol. The topological polar surface area (TPSA) is 77.6 Å². The van der Waals surface area contributed by atoms with E-state index in [1.807, 2.05) is 24.3 Å². The van der Waals surface area contributed by atoms with E-state index < -0.39 is 6.10 Å². The van der Waals surface area contributed by atoms with Gasteiger partial charge in [0.25, 0.3) is 0 Å². The van der Waals surface area contributed by atoms with Gasteiger partial charge in [-0.15, -0.1) is 0 Å². The summed E-state index contributed by atoms with van der Waals surface area (Å²) in [6, 6.07) is 7.91. The summed E-state index contributed by atoms with van der Waals surface area (Å²) in [6.07, 6.45) is 0.613. The Hall–Kier alpha value is -1.92. The van der Waals surface area contributed by atoms with Gasteiger partial charge in [0, 0.05) is 13.0 Å². The van der Waals surface area contributed by atoms with Gasteiger partial charge in [0.2, 0.25) is 11.7 Å². The molecule has 0 bridgehead atoms. The monoisotopic (exact) mass is 288 g/mol. The number of rotatable bonds is 2. The number of ether oxygens (including phenoxy) is 2. The van der Waals surface area contributed by atoms with E-state index in [2.05, 4.69) is 10.1 Å². The number of aliphatic hydroxyl groups is 1.